The van der Waals surface area contributed by atoms with Crippen molar-refractivity contribution in [3.8, 4) is 57.3 Å². The number of ether oxygens (including phenoxy) is 1. The van der Waals surface area contributed by atoms with Gasteiger partial charge in [0.05, 0.1) is 22.8 Å². The second-order valence-electron chi connectivity index (χ2n) is 9.80. The highest BCUT2D eigenvalue weighted by Gasteiger charge is 2.29. The lowest BCUT2D eigenvalue weighted by Gasteiger charge is -2.32. The van der Waals surface area contributed by atoms with Crippen LogP contribution in [0.5, 0.6) is 11.5 Å². The number of halogens is 1. The van der Waals surface area contributed by atoms with Crippen molar-refractivity contribution in [3.05, 3.63) is 114 Å². The molecule has 6 nitrogen and oxygen atoms in total. The van der Waals surface area contributed by atoms with Gasteiger partial charge in [0.2, 0.25) is 0 Å². The fourth-order valence-electron chi connectivity index (χ4n) is 5.82. The Balaban J connectivity index is 1.27. The molecule has 0 fully saturated rings. The Kier molecular flexibility index (Phi) is 4.73. The minimum atomic E-state index is -0.415. The smallest absolute Gasteiger partial charge is 0.177 e. The predicted molar refractivity (Wildman–Crippen MR) is 154 cm³/mol. The van der Waals surface area contributed by atoms with Gasteiger partial charge in [-0.1, -0.05) is 48.5 Å². The topological polar surface area (TPSA) is 85.8 Å². The van der Waals surface area contributed by atoms with Crippen LogP contribution in [0.3, 0.4) is 0 Å². The molecule has 8 rings (SSSR count). The van der Waals surface area contributed by atoms with Gasteiger partial charge in [0.1, 0.15) is 18.0 Å². The van der Waals surface area contributed by atoms with Gasteiger partial charge < -0.3 is 9.64 Å². The van der Waals surface area contributed by atoms with E-state index in [9.17, 15) is 10.5 Å². The first-order chi connectivity index (χ1) is 20.1. The maximum atomic E-state index is 15.0. The monoisotopic (exact) mass is 529 g/mol. The fraction of sp³-hybridized carbons (Fsp3) is 0. The average Bonchev–Trinajstić information content (AvgIpc) is 3.32. The molecule has 0 amide bonds. The van der Waals surface area contributed by atoms with Crippen molar-refractivity contribution in [1.82, 2.24) is 9.97 Å². The lowest BCUT2D eigenvalue weighted by molar-refractivity contribution is 0.477. The van der Waals surface area contributed by atoms with E-state index in [4.69, 9.17) is 4.74 Å². The lowest BCUT2D eigenvalue weighted by Crippen LogP contribution is -2.15. The third-order valence-electron chi connectivity index (χ3n) is 7.57. The van der Waals surface area contributed by atoms with Gasteiger partial charge in [-0.2, -0.15) is 10.5 Å². The summed E-state index contributed by atoms with van der Waals surface area (Å²) in [6, 6.07) is 34.7. The van der Waals surface area contributed by atoms with Gasteiger partial charge in [0.25, 0.3) is 0 Å². The fourth-order valence-corrected chi connectivity index (χ4v) is 5.82. The number of hydrogen-bond donors (Lipinski definition) is 0. The second kappa shape index (κ2) is 8.47. The number of hydrogen-bond acceptors (Lipinski definition) is 6. The van der Waals surface area contributed by atoms with Crippen LogP contribution in [0.1, 0.15) is 11.4 Å². The van der Waals surface area contributed by atoms with Gasteiger partial charge in [-0.05, 0) is 65.0 Å². The van der Waals surface area contributed by atoms with Gasteiger partial charge in [0.15, 0.2) is 22.9 Å². The van der Waals surface area contributed by atoms with E-state index >= 15 is 4.39 Å². The summed E-state index contributed by atoms with van der Waals surface area (Å²) < 4.78 is 21.2. The van der Waals surface area contributed by atoms with Gasteiger partial charge in [-0.3, -0.25) is 0 Å². The summed E-state index contributed by atoms with van der Waals surface area (Å²) in [5.41, 5.74) is 6.73. The zero-order chi connectivity index (χ0) is 27.7. The van der Waals surface area contributed by atoms with Crippen molar-refractivity contribution >= 4 is 27.8 Å². The third-order valence-corrected chi connectivity index (χ3v) is 7.57. The van der Waals surface area contributed by atoms with Crippen molar-refractivity contribution in [1.29, 1.82) is 10.5 Å². The van der Waals surface area contributed by atoms with Crippen molar-refractivity contribution in [2.24, 2.45) is 0 Å². The number of nitrogens with zero attached hydrogens (tertiary/aromatic N) is 5. The first kappa shape index (κ1) is 22.9. The van der Waals surface area contributed by atoms with E-state index in [0.717, 1.165) is 50.6 Å². The Morgan fingerprint density at radius 1 is 0.659 bits per heavy atom. The van der Waals surface area contributed by atoms with E-state index < -0.39 is 5.82 Å². The molecular formula is C34H16FN5O. The molecule has 0 N–H and O–H groups in total. The van der Waals surface area contributed by atoms with E-state index in [2.05, 4.69) is 14.9 Å². The van der Waals surface area contributed by atoms with Crippen LogP contribution in [0.4, 0.5) is 21.5 Å². The maximum absolute atomic E-state index is 15.0. The van der Waals surface area contributed by atoms with Crippen LogP contribution in [0.15, 0.2) is 97.1 Å². The van der Waals surface area contributed by atoms with Crippen molar-refractivity contribution in [2.45, 2.75) is 0 Å². The number of rotatable bonds is 2. The van der Waals surface area contributed by atoms with Gasteiger partial charge in [-0.15, -0.1) is 0 Å². The number of anilines is 3. The number of para-hydroxylation sites is 4. The van der Waals surface area contributed by atoms with Crippen LogP contribution in [-0.2, 0) is 0 Å². The molecule has 0 saturated heterocycles. The summed E-state index contributed by atoms with van der Waals surface area (Å²) in [5, 5.41) is 20.5. The van der Waals surface area contributed by atoms with Crippen LogP contribution < -0.4 is 9.64 Å². The second-order valence-corrected chi connectivity index (χ2v) is 9.80. The zero-order valence-electron chi connectivity index (χ0n) is 21.3. The summed E-state index contributed by atoms with van der Waals surface area (Å²) in [4.78, 5) is 11.0. The minimum Gasteiger partial charge on any atom is -0.453 e. The van der Waals surface area contributed by atoms with Gasteiger partial charge >= 0.3 is 0 Å². The zero-order valence-corrected chi connectivity index (χ0v) is 21.3. The Bertz CT molecular complexity index is 2130. The first-order valence-electron chi connectivity index (χ1n) is 12.9. The molecule has 2 heterocycles. The lowest BCUT2D eigenvalue weighted by atomic mass is 9.94. The SMILES string of the molecule is N#Cc1nc2c(nc1C#N)-c1cc(F)cc3c(-c4ccc(N5c6ccccc6Oc6ccccc65)cc4)ccc-2c13. The molecule has 1 aliphatic carbocycles. The summed E-state index contributed by atoms with van der Waals surface area (Å²) >= 11 is 0. The predicted octanol–water partition coefficient (Wildman–Crippen LogP) is 8.40. The highest BCUT2D eigenvalue weighted by atomic mass is 19.1. The standard InChI is InChI=1S/C34H16FN5O/c35-20-15-24-22(13-14-23-32(24)25(16-20)34-33(23)38-26(17-36)27(18-37)39-34)19-9-11-21(12-10-19)40-28-5-1-3-7-30(28)41-31-8-4-2-6-29(31)40/h1-16H. The van der Waals surface area contributed by atoms with Crippen molar-refractivity contribution < 1.29 is 9.13 Å². The molecule has 0 saturated carbocycles. The molecule has 5 aromatic carbocycles. The highest BCUT2D eigenvalue weighted by molar-refractivity contribution is 6.17. The molecule has 41 heavy (non-hydrogen) atoms. The average molecular weight is 530 g/mol. The molecule has 0 radical (unpaired) electrons. The molecule has 0 spiro atoms. The summed E-state index contributed by atoms with van der Waals surface area (Å²) in [6.07, 6.45) is 0. The number of benzene rings is 5. The van der Waals surface area contributed by atoms with Crippen LogP contribution in [0, 0.1) is 28.5 Å². The number of nitriles is 2. The Hall–Kier alpha value is -6.05. The van der Waals surface area contributed by atoms with Crippen LogP contribution >= 0.6 is 0 Å². The molecule has 0 atom stereocenters. The molecular weight excluding hydrogens is 513 g/mol. The maximum Gasteiger partial charge on any atom is 0.177 e. The molecule has 190 valence electrons. The molecule has 6 aromatic rings. The molecule has 1 aromatic heterocycles. The highest BCUT2D eigenvalue weighted by Crippen LogP contribution is 2.51. The Morgan fingerprint density at radius 3 is 1.88 bits per heavy atom. The van der Waals surface area contributed by atoms with Crippen LogP contribution in [0.2, 0.25) is 0 Å². The summed E-state index contributed by atoms with van der Waals surface area (Å²) in [7, 11) is 0. The van der Waals surface area contributed by atoms with E-state index in [1.807, 2.05) is 97.1 Å². The van der Waals surface area contributed by atoms with Crippen LogP contribution in [0.25, 0.3) is 44.4 Å². The third kappa shape index (κ3) is 3.27. The quantitative estimate of drug-likeness (QED) is 0.223. The number of fused-ring (bicyclic) bond motifs is 5. The summed E-state index contributed by atoms with van der Waals surface area (Å²) in [5.74, 6) is 1.14. The summed E-state index contributed by atoms with van der Waals surface area (Å²) in [6.45, 7) is 0. The van der Waals surface area contributed by atoms with Gasteiger partial charge in [0, 0.05) is 22.2 Å². The Labute approximate surface area is 233 Å². The van der Waals surface area contributed by atoms with E-state index in [1.54, 1.807) is 0 Å². The normalized spacial score (nSPS) is 12.1. The molecule has 7 heteroatoms. The molecule has 1 aliphatic heterocycles. The molecule has 0 unspecified atom stereocenters. The number of aromatic nitrogens is 2. The van der Waals surface area contributed by atoms with E-state index in [1.165, 1.54) is 12.1 Å². The minimum absolute atomic E-state index is 0.0430. The Morgan fingerprint density at radius 2 is 1.24 bits per heavy atom. The largest absolute Gasteiger partial charge is 0.453 e. The first-order valence-corrected chi connectivity index (χ1v) is 12.9. The van der Waals surface area contributed by atoms with Crippen molar-refractivity contribution in [3.63, 3.8) is 0 Å². The van der Waals surface area contributed by atoms with E-state index in [-0.39, 0.29) is 11.4 Å². The molecule has 2 aliphatic rings. The van der Waals surface area contributed by atoms with Crippen LogP contribution in [-0.4, -0.2) is 9.97 Å². The molecule has 0 bridgehead atoms. The van der Waals surface area contributed by atoms with E-state index in [0.29, 0.717) is 22.3 Å². The van der Waals surface area contributed by atoms with Gasteiger partial charge in [-0.25, -0.2) is 14.4 Å². The van der Waals surface area contributed by atoms with Crippen molar-refractivity contribution in [2.75, 3.05) is 4.90 Å².